The first kappa shape index (κ1) is 10.5. The molecule has 0 bridgehead atoms. The van der Waals surface area contributed by atoms with Crippen LogP contribution in [0.15, 0.2) is 12.1 Å². The van der Waals surface area contributed by atoms with Gasteiger partial charge in [-0.1, -0.05) is 0 Å². The second kappa shape index (κ2) is 3.83. The summed E-state index contributed by atoms with van der Waals surface area (Å²) in [5, 5.41) is 9.61. The largest absolute Gasteiger partial charge is 0.495 e. The highest BCUT2D eigenvalue weighted by Gasteiger charge is 2.38. The van der Waals surface area contributed by atoms with Gasteiger partial charge in [-0.2, -0.15) is 0 Å². The zero-order valence-corrected chi connectivity index (χ0v) is 8.66. The van der Waals surface area contributed by atoms with Gasteiger partial charge in [0.15, 0.2) is 0 Å². The standard InChI is InChI=1S/C10H12BFO3/c1-3-14-8-5-4-7(12)9-6(2)15-11(13)10(8)9/h4-6,13H,3H2,1-2H3/t6-/m1/s1. The van der Waals surface area contributed by atoms with Gasteiger partial charge in [0.25, 0.3) is 0 Å². The van der Waals surface area contributed by atoms with E-state index < -0.39 is 13.2 Å². The molecule has 3 nitrogen and oxygen atoms in total. The molecule has 0 radical (unpaired) electrons. The van der Waals surface area contributed by atoms with Crippen molar-refractivity contribution in [1.29, 1.82) is 0 Å². The molecule has 0 saturated heterocycles. The van der Waals surface area contributed by atoms with Crippen LogP contribution in [0.3, 0.4) is 0 Å². The highest BCUT2D eigenvalue weighted by Crippen LogP contribution is 2.29. The lowest BCUT2D eigenvalue weighted by molar-refractivity contribution is 0.205. The fraction of sp³-hybridized carbons (Fsp3) is 0.400. The van der Waals surface area contributed by atoms with Crippen molar-refractivity contribution in [2.24, 2.45) is 0 Å². The molecule has 1 atom stereocenters. The predicted octanol–water partition coefficient (Wildman–Crippen LogP) is 1.00. The van der Waals surface area contributed by atoms with E-state index in [2.05, 4.69) is 0 Å². The zero-order valence-electron chi connectivity index (χ0n) is 8.66. The molecule has 80 valence electrons. The van der Waals surface area contributed by atoms with Crippen molar-refractivity contribution >= 4 is 12.6 Å². The summed E-state index contributed by atoms with van der Waals surface area (Å²) in [5.41, 5.74) is 0.817. The Hall–Kier alpha value is -1.07. The van der Waals surface area contributed by atoms with Crippen LogP contribution in [0.2, 0.25) is 0 Å². The number of rotatable bonds is 2. The molecule has 1 heterocycles. The molecule has 1 aromatic carbocycles. The van der Waals surface area contributed by atoms with Crippen molar-refractivity contribution in [1.82, 2.24) is 0 Å². The Kier molecular flexibility index (Phi) is 2.67. The van der Waals surface area contributed by atoms with Crippen LogP contribution in [-0.4, -0.2) is 18.7 Å². The Bertz CT molecular complexity index is 383. The number of benzene rings is 1. The molecule has 0 fully saturated rings. The van der Waals surface area contributed by atoms with Gasteiger partial charge >= 0.3 is 7.12 Å². The van der Waals surface area contributed by atoms with Gasteiger partial charge in [-0.3, -0.25) is 0 Å². The second-order valence-corrected chi connectivity index (χ2v) is 3.44. The van der Waals surface area contributed by atoms with Gasteiger partial charge in [-0.15, -0.1) is 0 Å². The van der Waals surface area contributed by atoms with Gasteiger partial charge in [0.05, 0.1) is 12.7 Å². The molecule has 5 heteroatoms. The third kappa shape index (κ3) is 1.62. The van der Waals surface area contributed by atoms with E-state index in [9.17, 15) is 9.41 Å². The smallest absolute Gasteiger partial charge is 0.494 e. The Morgan fingerprint density at radius 1 is 1.60 bits per heavy atom. The van der Waals surface area contributed by atoms with Crippen molar-refractivity contribution in [2.75, 3.05) is 6.61 Å². The van der Waals surface area contributed by atoms with E-state index in [0.717, 1.165) is 0 Å². The van der Waals surface area contributed by atoms with E-state index in [1.54, 1.807) is 6.92 Å². The summed E-state index contributed by atoms with van der Waals surface area (Å²) in [5.74, 6) is 0.128. The van der Waals surface area contributed by atoms with E-state index in [4.69, 9.17) is 9.39 Å². The molecule has 2 rings (SSSR count). The first-order valence-corrected chi connectivity index (χ1v) is 4.93. The van der Waals surface area contributed by atoms with Gasteiger partial charge in [-0.05, 0) is 26.0 Å². The molecular formula is C10H12BFO3. The van der Waals surface area contributed by atoms with E-state index in [1.807, 2.05) is 6.92 Å². The minimum Gasteiger partial charge on any atom is -0.494 e. The molecular weight excluding hydrogens is 198 g/mol. The molecule has 0 unspecified atom stereocenters. The molecule has 0 amide bonds. The zero-order chi connectivity index (χ0) is 11.0. The molecule has 0 spiro atoms. The van der Waals surface area contributed by atoms with E-state index in [-0.39, 0.29) is 5.82 Å². The van der Waals surface area contributed by atoms with Crippen LogP contribution in [0.5, 0.6) is 5.75 Å². The van der Waals surface area contributed by atoms with Crippen LogP contribution in [0.25, 0.3) is 0 Å². The predicted molar refractivity (Wildman–Crippen MR) is 54.7 cm³/mol. The maximum Gasteiger partial charge on any atom is 0.495 e. The Labute approximate surface area is 88.0 Å². The lowest BCUT2D eigenvalue weighted by Gasteiger charge is -2.10. The van der Waals surface area contributed by atoms with Crippen molar-refractivity contribution in [2.45, 2.75) is 20.0 Å². The summed E-state index contributed by atoms with van der Waals surface area (Å²) in [6.07, 6.45) is -0.435. The van der Waals surface area contributed by atoms with Crippen molar-refractivity contribution < 1.29 is 18.8 Å². The molecule has 0 saturated carbocycles. The summed E-state index contributed by atoms with van der Waals surface area (Å²) in [4.78, 5) is 0. The highest BCUT2D eigenvalue weighted by atomic mass is 19.1. The molecule has 1 N–H and O–H groups in total. The van der Waals surface area contributed by atoms with Gasteiger partial charge in [0.1, 0.15) is 11.6 Å². The number of hydrogen-bond donors (Lipinski definition) is 1. The number of ether oxygens (including phenoxy) is 1. The fourth-order valence-corrected chi connectivity index (χ4v) is 1.87. The van der Waals surface area contributed by atoms with Gasteiger partial charge in [-0.25, -0.2) is 4.39 Å². The fourth-order valence-electron chi connectivity index (χ4n) is 1.87. The minimum absolute atomic E-state index is 0.363. The van der Waals surface area contributed by atoms with Crippen LogP contribution >= 0.6 is 0 Å². The van der Waals surface area contributed by atoms with Crippen molar-refractivity contribution in [3.8, 4) is 5.75 Å². The van der Waals surface area contributed by atoms with E-state index >= 15 is 0 Å². The minimum atomic E-state index is -1.09. The Balaban J connectivity index is 2.54. The number of fused-ring (bicyclic) bond motifs is 1. The lowest BCUT2D eigenvalue weighted by Crippen LogP contribution is -2.30. The van der Waals surface area contributed by atoms with Gasteiger partial charge < -0.3 is 14.4 Å². The van der Waals surface area contributed by atoms with Crippen molar-refractivity contribution in [3.63, 3.8) is 0 Å². The summed E-state index contributed by atoms with van der Waals surface area (Å²) < 4.78 is 23.9. The monoisotopic (exact) mass is 210 g/mol. The van der Waals surface area contributed by atoms with Crippen LogP contribution in [0, 0.1) is 5.82 Å². The third-order valence-electron chi connectivity index (χ3n) is 2.48. The van der Waals surface area contributed by atoms with Gasteiger partial charge in [0, 0.05) is 11.0 Å². The number of hydrogen-bond acceptors (Lipinski definition) is 3. The molecule has 1 aliphatic rings. The maximum absolute atomic E-state index is 13.5. The lowest BCUT2D eigenvalue weighted by atomic mass is 9.78. The Morgan fingerprint density at radius 3 is 3.00 bits per heavy atom. The van der Waals surface area contributed by atoms with Gasteiger partial charge in [0.2, 0.25) is 0 Å². The van der Waals surface area contributed by atoms with Crippen LogP contribution in [0.4, 0.5) is 4.39 Å². The van der Waals surface area contributed by atoms with Crippen molar-refractivity contribution in [3.05, 3.63) is 23.5 Å². The van der Waals surface area contributed by atoms with Crippen LogP contribution in [0.1, 0.15) is 25.5 Å². The first-order chi connectivity index (χ1) is 7.15. The average Bonchev–Trinajstić information content (AvgIpc) is 2.48. The SMILES string of the molecule is CCOc1ccc(F)c2c1B(O)O[C@@H]2C. The van der Waals surface area contributed by atoms with E-state index in [0.29, 0.717) is 23.4 Å². The molecule has 0 aliphatic carbocycles. The quantitative estimate of drug-likeness (QED) is 0.740. The summed E-state index contributed by atoms with van der Waals surface area (Å²) in [6, 6.07) is 2.85. The number of halogens is 1. The first-order valence-electron chi connectivity index (χ1n) is 4.93. The Morgan fingerprint density at radius 2 is 2.33 bits per heavy atom. The molecule has 1 aliphatic heterocycles. The molecule has 0 aromatic heterocycles. The topological polar surface area (TPSA) is 38.7 Å². The van der Waals surface area contributed by atoms with Crippen LogP contribution in [-0.2, 0) is 4.65 Å². The van der Waals surface area contributed by atoms with Crippen LogP contribution < -0.4 is 10.2 Å². The third-order valence-corrected chi connectivity index (χ3v) is 2.48. The summed E-state index contributed by atoms with van der Waals surface area (Å²) in [7, 11) is -1.09. The normalized spacial score (nSPS) is 19.2. The summed E-state index contributed by atoms with van der Waals surface area (Å²) in [6.45, 7) is 4.01. The second-order valence-electron chi connectivity index (χ2n) is 3.44. The summed E-state index contributed by atoms with van der Waals surface area (Å²) >= 11 is 0. The molecule has 15 heavy (non-hydrogen) atoms. The average molecular weight is 210 g/mol. The van der Waals surface area contributed by atoms with E-state index in [1.165, 1.54) is 12.1 Å². The maximum atomic E-state index is 13.5. The molecule has 1 aromatic rings. The highest BCUT2D eigenvalue weighted by molar-refractivity contribution is 6.62.